The molecule has 0 atom stereocenters. The molecule has 0 aliphatic carbocycles. The van der Waals surface area contributed by atoms with Gasteiger partial charge >= 0.3 is 0 Å². The third-order valence-corrected chi connectivity index (χ3v) is 6.75. The molecule has 6 aromatic rings. The van der Waals surface area contributed by atoms with E-state index in [0.717, 1.165) is 55.6 Å². The quantitative estimate of drug-likeness (QED) is 0.252. The minimum absolute atomic E-state index is 0.0425. The summed E-state index contributed by atoms with van der Waals surface area (Å²) in [7, 11) is 0. The Bertz CT molecular complexity index is 1730. The van der Waals surface area contributed by atoms with Crippen LogP contribution in [0.1, 0.15) is 26.3 Å². The van der Waals surface area contributed by atoms with Gasteiger partial charge in [-0.2, -0.15) is 0 Å². The van der Waals surface area contributed by atoms with E-state index >= 15 is 0 Å². The number of benzene rings is 4. The molecule has 0 saturated carbocycles. The number of pyridine rings is 2. The molecule has 0 spiro atoms. The van der Waals surface area contributed by atoms with Crippen LogP contribution in [-0.2, 0) is 5.41 Å². The van der Waals surface area contributed by atoms with Crippen molar-refractivity contribution in [2.45, 2.75) is 26.2 Å². The van der Waals surface area contributed by atoms with Gasteiger partial charge in [0.2, 0.25) is 0 Å². The predicted octanol–water partition coefficient (Wildman–Crippen LogP) is 9.21. The van der Waals surface area contributed by atoms with E-state index in [0.29, 0.717) is 0 Å². The number of fused-ring (bicyclic) bond motifs is 2. The van der Waals surface area contributed by atoms with E-state index in [1.165, 1.54) is 5.56 Å². The molecule has 0 aliphatic rings. The van der Waals surface area contributed by atoms with Crippen LogP contribution in [-0.4, -0.2) is 9.97 Å². The summed E-state index contributed by atoms with van der Waals surface area (Å²) in [6, 6.07) is 35.4. The molecular weight excluding hydrogens is 452 g/mol. The number of rotatable bonds is 4. The first kappa shape index (κ1) is 22.9. The maximum Gasteiger partial charge on any atom is 0.135 e. The lowest BCUT2D eigenvalue weighted by molar-refractivity contribution is 0.489. The summed E-state index contributed by atoms with van der Waals surface area (Å²) in [5.74, 6) is 1.58. The van der Waals surface area contributed by atoms with Gasteiger partial charge in [-0.15, -0.1) is 0 Å². The Morgan fingerprint density at radius 2 is 1.30 bits per heavy atom. The van der Waals surface area contributed by atoms with Gasteiger partial charge in [0.15, 0.2) is 0 Å². The molecule has 4 aromatic carbocycles. The molecule has 6 rings (SSSR count). The monoisotopic (exact) mass is 480 g/mol. The van der Waals surface area contributed by atoms with Crippen molar-refractivity contribution in [3.05, 3.63) is 121 Å². The molecule has 0 N–H and O–H groups in total. The van der Waals surface area contributed by atoms with Gasteiger partial charge in [-0.05, 0) is 75.7 Å². The zero-order valence-electron chi connectivity index (χ0n) is 21.3. The third-order valence-electron chi connectivity index (χ3n) is 6.75. The average Bonchev–Trinajstić information content (AvgIpc) is 2.92. The maximum absolute atomic E-state index is 6.67. The van der Waals surface area contributed by atoms with Gasteiger partial charge in [0.05, 0.1) is 11.4 Å². The Balaban J connectivity index is 1.50. The predicted molar refractivity (Wildman–Crippen MR) is 153 cm³/mol. The molecule has 0 radical (unpaired) electrons. The lowest BCUT2D eigenvalue weighted by Crippen LogP contribution is -2.11. The van der Waals surface area contributed by atoms with Gasteiger partial charge in [0, 0.05) is 28.9 Å². The van der Waals surface area contributed by atoms with Gasteiger partial charge in [-0.25, -0.2) is 0 Å². The molecule has 0 unspecified atom stereocenters. The highest BCUT2D eigenvalue weighted by atomic mass is 16.5. The van der Waals surface area contributed by atoms with Crippen molar-refractivity contribution in [2.75, 3.05) is 0 Å². The van der Waals surface area contributed by atoms with Crippen molar-refractivity contribution >= 4 is 21.5 Å². The molecule has 3 heteroatoms. The minimum atomic E-state index is 0.0425. The van der Waals surface area contributed by atoms with Crippen molar-refractivity contribution in [1.29, 1.82) is 0 Å². The molecule has 37 heavy (non-hydrogen) atoms. The Hall–Kier alpha value is -4.50. The van der Waals surface area contributed by atoms with Crippen LogP contribution in [0.3, 0.4) is 0 Å². The molecule has 0 fully saturated rings. The fourth-order valence-corrected chi connectivity index (χ4v) is 4.77. The average molecular weight is 481 g/mol. The molecule has 180 valence electrons. The Morgan fingerprint density at radius 1 is 0.595 bits per heavy atom. The van der Waals surface area contributed by atoms with Crippen molar-refractivity contribution in [3.8, 4) is 34.0 Å². The highest BCUT2D eigenvalue weighted by molar-refractivity contribution is 5.97. The van der Waals surface area contributed by atoms with Crippen LogP contribution in [0.15, 0.2) is 116 Å². The van der Waals surface area contributed by atoms with E-state index in [9.17, 15) is 0 Å². The van der Waals surface area contributed by atoms with E-state index in [2.05, 4.69) is 105 Å². The van der Waals surface area contributed by atoms with Crippen molar-refractivity contribution < 1.29 is 4.74 Å². The molecular formula is C34H28N2O. The largest absolute Gasteiger partial charge is 0.457 e. The van der Waals surface area contributed by atoms with Gasteiger partial charge in [0.25, 0.3) is 0 Å². The second-order valence-electron chi connectivity index (χ2n) is 10.4. The molecule has 0 amide bonds. The molecule has 2 aromatic heterocycles. The molecule has 2 heterocycles. The first-order chi connectivity index (χ1) is 18.0. The molecule has 0 aliphatic heterocycles. The van der Waals surface area contributed by atoms with Gasteiger partial charge < -0.3 is 4.74 Å². The van der Waals surface area contributed by atoms with E-state index in [4.69, 9.17) is 9.72 Å². The van der Waals surface area contributed by atoms with E-state index in [1.807, 2.05) is 36.7 Å². The summed E-state index contributed by atoms with van der Waals surface area (Å²) in [5, 5.41) is 4.44. The summed E-state index contributed by atoms with van der Waals surface area (Å²) in [6.45, 7) is 6.67. The zero-order chi connectivity index (χ0) is 25.4. The van der Waals surface area contributed by atoms with Crippen LogP contribution in [0.2, 0.25) is 0 Å². The fraction of sp³-hybridized carbons (Fsp3) is 0.118. The smallest absolute Gasteiger partial charge is 0.135 e. The highest BCUT2D eigenvalue weighted by Gasteiger charge is 2.16. The summed E-state index contributed by atoms with van der Waals surface area (Å²) < 4.78 is 6.67. The van der Waals surface area contributed by atoms with Crippen LogP contribution in [0.5, 0.6) is 11.5 Å². The summed E-state index contributed by atoms with van der Waals surface area (Å²) in [5.41, 5.74) is 5.24. The number of aromatic nitrogens is 2. The third kappa shape index (κ3) is 4.56. The number of hydrogen-bond acceptors (Lipinski definition) is 3. The first-order valence-electron chi connectivity index (χ1n) is 12.6. The summed E-state index contributed by atoms with van der Waals surface area (Å²) >= 11 is 0. The lowest BCUT2D eigenvalue weighted by atomic mass is 9.87. The topological polar surface area (TPSA) is 35.0 Å². The van der Waals surface area contributed by atoms with Gasteiger partial charge in [0.1, 0.15) is 11.5 Å². The van der Waals surface area contributed by atoms with E-state index in [-0.39, 0.29) is 5.41 Å². The van der Waals surface area contributed by atoms with Crippen LogP contribution in [0, 0.1) is 0 Å². The minimum Gasteiger partial charge on any atom is -0.457 e. The van der Waals surface area contributed by atoms with Gasteiger partial charge in [-0.3, -0.25) is 9.97 Å². The Kier molecular flexibility index (Phi) is 5.69. The van der Waals surface area contributed by atoms with Crippen molar-refractivity contribution in [2.24, 2.45) is 0 Å². The Labute approximate surface area is 217 Å². The number of hydrogen-bond donors (Lipinski definition) is 0. The van der Waals surface area contributed by atoms with Crippen LogP contribution in [0.25, 0.3) is 44.1 Å². The highest BCUT2D eigenvalue weighted by Crippen LogP contribution is 2.38. The SMILES string of the molecule is CC(C)(C)c1ccnc(-c2cc(Oc3cc(-c4ccccn4)c4ccccc4c3)c3ccccc3c2)c1. The number of nitrogens with zero attached hydrogens (tertiary/aromatic N) is 2. The van der Waals surface area contributed by atoms with Crippen molar-refractivity contribution in [3.63, 3.8) is 0 Å². The normalized spacial score (nSPS) is 11.6. The van der Waals surface area contributed by atoms with E-state index < -0.39 is 0 Å². The van der Waals surface area contributed by atoms with Gasteiger partial charge in [-0.1, -0.05) is 75.4 Å². The lowest BCUT2D eigenvalue weighted by Gasteiger charge is -2.19. The van der Waals surface area contributed by atoms with Crippen LogP contribution >= 0.6 is 0 Å². The second-order valence-corrected chi connectivity index (χ2v) is 10.4. The molecule has 0 bridgehead atoms. The first-order valence-corrected chi connectivity index (χ1v) is 12.6. The van der Waals surface area contributed by atoms with Crippen molar-refractivity contribution in [1.82, 2.24) is 9.97 Å². The summed E-state index contributed by atoms with van der Waals surface area (Å²) in [6.07, 6.45) is 3.72. The zero-order valence-corrected chi connectivity index (χ0v) is 21.3. The standard InChI is InChI=1S/C34H28N2O/c1-34(2,3)26-15-17-36-32(21-26)25-18-23-10-5-7-13-29(23)33(20-25)37-27-19-24-11-4-6-12-28(24)30(22-27)31-14-8-9-16-35-31/h4-22H,1-3H3. The molecule has 3 nitrogen and oxygen atoms in total. The Morgan fingerprint density at radius 3 is 2.05 bits per heavy atom. The maximum atomic E-state index is 6.67. The number of ether oxygens (including phenoxy) is 1. The summed E-state index contributed by atoms with van der Waals surface area (Å²) in [4.78, 5) is 9.32. The van der Waals surface area contributed by atoms with E-state index in [1.54, 1.807) is 0 Å². The fourth-order valence-electron chi connectivity index (χ4n) is 4.77. The second kappa shape index (κ2) is 9.18. The van der Waals surface area contributed by atoms with Crippen LogP contribution in [0.4, 0.5) is 0 Å². The molecule has 0 saturated heterocycles. The van der Waals surface area contributed by atoms with Crippen LogP contribution < -0.4 is 4.74 Å².